The van der Waals surface area contributed by atoms with Gasteiger partial charge in [0.1, 0.15) is 17.9 Å². The number of amides is 4. The molecule has 3 aromatic rings. The van der Waals surface area contributed by atoms with Gasteiger partial charge in [0, 0.05) is 20.6 Å². The second-order valence-corrected chi connectivity index (χ2v) is 10.9. The fraction of sp³-hybridized carbons (Fsp3) is 0.207. The molecule has 0 spiro atoms. The van der Waals surface area contributed by atoms with Crippen LogP contribution in [0.3, 0.4) is 0 Å². The van der Waals surface area contributed by atoms with Gasteiger partial charge in [-0.25, -0.2) is 4.79 Å². The fourth-order valence-electron chi connectivity index (χ4n) is 3.92. The van der Waals surface area contributed by atoms with Gasteiger partial charge in [-0.15, -0.1) is 0 Å². The number of hydrogen-bond acceptors (Lipinski definition) is 6. The van der Waals surface area contributed by atoms with Gasteiger partial charge in [0.2, 0.25) is 0 Å². The number of nitrogens with zero attached hydrogens (tertiary/aromatic N) is 1. The number of barbiturate groups is 1. The number of halogens is 3. The molecule has 0 bridgehead atoms. The maximum atomic E-state index is 13.5. The summed E-state index contributed by atoms with van der Waals surface area (Å²) in [5.74, 6) is -0.121. The van der Waals surface area contributed by atoms with Crippen LogP contribution in [-0.4, -0.2) is 36.5 Å². The van der Waals surface area contributed by atoms with Gasteiger partial charge in [-0.1, -0.05) is 58.7 Å². The molecule has 0 aromatic heterocycles. The van der Waals surface area contributed by atoms with Gasteiger partial charge < -0.3 is 14.2 Å². The Kier molecular flexibility index (Phi) is 9.89. The van der Waals surface area contributed by atoms with E-state index in [-0.39, 0.29) is 18.7 Å². The third-order valence-corrected chi connectivity index (χ3v) is 7.30. The molecule has 3 aromatic carbocycles. The summed E-state index contributed by atoms with van der Waals surface area (Å²) >= 11 is 13.2. The van der Waals surface area contributed by atoms with Gasteiger partial charge in [-0.05, 0) is 64.3 Å². The smallest absolute Gasteiger partial charge is 0.331 e. The van der Waals surface area contributed by atoms with Crippen molar-refractivity contribution in [1.29, 1.82) is 0 Å². The van der Waals surface area contributed by atoms with Gasteiger partial charge in [-0.2, -0.15) is 0 Å². The molecular weight excluding hydrogens is 668 g/mol. The van der Waals surface area contributed by atoms with Crippen molar-refractivity contribution < 1.29 is 28.6 Å². The predicted octanol–water partition coefficient (Wildman–Crippen LogP) is 6.90. The predicted molar refractivity (Wildman–Crippen MR) is 158 cm³/mol. The third-order valence-electron chi connectivity index (χ3n) is 5.88. The highest BCUT2D eigenvalue weighted by atomic mass is 79.9. The minimum Gasteiger partial charge on any atom is -0.493 e. The minimum atomic E-state index is -0.817. The number of methoxy groups -OCH3 is 1. The Morgan fingerprint density at radius 3 is 2.50 bits per heavy atom. The summed E-state index contributed by atoms with van der Waals surface area (Å²) in [5, 5.41) is 2.80. The summed E-state index contributed by atoms with van der Waals surface area (Å²) in [4.78, 5) is 39.9. The monoisotopic (exact) mass is 690 g/mol. The number of carbonyl (C=O) groups is 3. The van der Waals surface area contributed by atoms with Crippen LogP contribution in [0.4, 0.5) is 4.79 Å². The first-order valence-electron chi connectivity index (χ1n) is 12.3. The first kappa shape index (κ1) is 29.6. The van der Waals surface area contributed by atoms with Gasteiger partial charge in [0.15, 0.2) is 11.5 Å². The molecule has 208 valence electrons. The van der Waals surface area contributed by atoms with Crippen molar-refractivity contribution in [3.8, 4) is 17.2 Å². The van der Waals surface area contributed by atoms with Crippen molar-refractivity contribution in [2.75, 3.05) is 13.7 Å². The normalized spacial score (nSPS) is 14.4. The number of imide groups is 2. The van der Waals surface area contributed by atoms with E-state index in [0.717, 1.165) is 16.9 Å². The average Bonchev–Trinajstić information content (AvgIpc) is 2.92. The zero-order chi connectivity index (χ0) is 28.8. The van der Waals surface area contributed by atoms with Crippen LogP contribution in [0.5, 0.6) is 17.2 Å². The Bertz CT molecular complexity index is 1490. The standard InChI is InChI=1S/C29H25Br2ClN2O6/c1-3-10-39-24-9-8-17(11-25(24)38-2)15-34-28(36)21(27(35)33-29(34)37)13-19-12-20(30)14-22(31)26(19)40-16-18-6-4-5-7-23(18)32/h4-9,11-14H,3,10,15-16H2,1-2H3,(H,33,35,37)/b21-13+. The SMILES string of the molecule is CCCOc1ccc(CN2C(=O)NC(=O)/C(=C\c3cc(Br)cc(Br)c3OCc3ccccc3Cl)C2=O)cc1OC. The van der Waals surface area contributed by atoms with E-state index in [2.05, 4.69) is 37.2 Å². The molecular formula is C29H25Br2ClN2O6. The Hall–Kier alpha value is -3.34. The van der Waals surface area contributed by atoms with Gasteiger partial charge in [0.25, 0.3) is 11.8 Å². The molecule has 8 nitrogen and oxygen atoms in total. The molecule has 0 saturated carbocycles. The van der Waals surface area contributed by atoms with Crippen LogP contribution >= 0.6 is 43.5 Å². The molecule has 1 heterocycles. The third kappa shape index (κ3) is 6.86. The van der Waals surface area contributed by atoms with Gasteiger partial charge in [-0.3, -0.25) is 19.8 Å². The first-order chi connectivity index (χ1) is 19.2. The van der Waals surface area contributed by atoms with Crippen LogP contribution in [0.25, 0.3) is 6.08 Å². The molecule has 0 radical (unpaired) electrons. The highest BCUT2D eigenvalue weighted by Crippen LogP contribution is 2.36. The van der Waals surface area contributed by atoms with Crippen molar-refractivity contribution >= 4 is 67.4 Å². The number of benzene rings is 3. The summed E-state index contributed by atoms with van der Waals surface area (Å²) < 4.78 is 18.4. The quantitative estimate of drug-likeness (QED) is 0.184. The molecule has 1 N–H and O–H groups in total. The Labute approximate surface area is 253 Å². The van der Waals surface area contributed by atoms with E-state index in [0.29, 0.717) is 49.0 Å². The van der Waals surface area contributed by atoms with E-state index in [1.54, 1.807) is 36.4 Å². The second kappa shape index (κ2) is 13.3. The number of urea groups is 1. The fourth-order valence-corrected chi connectivity index (χ4v) is 5.49. The van der Waals surface area contributed by atoms with E-state index in [1.807, 2.05) is 25.1 Å². The van der Waals surface area contributed by atoms with E-state index < -0.39 is 17.8 Å². The minimum absolute atomic E-state index is 0.0856. The number of ether oxygens (including phenoxy) is 3. The number of rotatable bonds is 10. The van der Waals surface area contributed by atoms with Crippen molar-refractivity contribution in [3.05, 3.63) is 90.8 Å². The molecule has 4 amide bonds. The number of nitrogens with one attached hydrogen (secondary N) is 1. The van der Waals surface area contributed by atoms with Crippen LogP contribution in [0.1, 0.15) is 30.0 Å². The highest BCUT2D eigenvalue weighted by Gasteiger charge is 2.36. The summed E-state index contributed by atoms with van der Waals surface area (Å²) in [7, 11) is 1.51. The summed E-state index contributed by atoms with van der Waals surface area (Å²) in [6.07, 6.45) is 2.23. The summed E-state index contributed by atoms with van der Waals surface area (Å²) in [6, 6.07) is 15.1. The highest BCUT2D eigenvalue weighted by molar-refractivity contribution is 9.11. The lowest BCUT2D eigenvalue weighted by Crippen LogP contribution is -2.53. The molecule has 0 atom stereocenters. The maximum Gasteiger partial charge on any atom is 0.331 e. The van der Waals surface area contributed by atoms with Crippen LogP contribution in [0.2, 0.25) is 5.02 Å². The van der Waals surface area contributed by atoms with Gasteiger partial charge in [0.05, 0.1) is 24.7 Å². The largest absolute Gasteiger partial charge is 0.493 e. The molecule has 40 heavy (non-hydrogen) atoms. The van der Waals surface area contributed by atoms with Crippen molar-refractivity contribution in [3.63, 3.8) is 0 Å². The molecule has 1 fully saturated rings. The van der Waals surface area contributed by atoms with Crippen molar-refractivity contribution in [2.45, 2.75) is 26.5 Å². The molecule has 0 unspecified atom stereocenters. The zero-order valence-electron chi connectivity index (χ0n) is 21.6. The zero-order valence-corrected chi connectivity index (χ0v) is 25.6. The van der Waals surface area contributed by atoms with Crippen LogP contribution in [0, 0.1) is 0 Å². The number of hydrogen-bond donors (Lipinski definition) is 1. The van der Waals surface area contributed by atoms with Crippen LogP contribution in [0.15, 0.2) is 69.1 Å². The second-order valence-electron chi connectivity index (χ2n) is 8.73. The molecule has 1 aliphatic rings. The molecule has 1 aliphatic heterocycles. The molecule has 0 aliphatic carbocycles. The molecule has 4 rings (SSSR count). The van der Waals surface area contributed by atoms with Crippen LogP contribution < -0.4 is 19.5 Å². The van der Waals surface area contributed by atoms with E-state index in [9.17, 15) is 14.4 Å². The van der Waals surface area contributed by atoms with Crippen molar-refractivity contribution in [2.24, 2.45) is 0 Å². The number of carbonyl (C=O) groups excluding carboxylic acids is 3. The Balaban J connectivity index is 1.63. The van der Waals surface area contributed by atoms with Crippen LogP contribution in [-0.2, 0) is 22.7 Å². The van der Waals surface area contributed by atoms with Crippen molar-refractivity contribution in [1.82, 2.24) is 10.2 Å². The molecule has 1 saturated heterocycles. The average molecular weight is 693 g/mol. The lowest BCUT2D eigenvalue weighted by Gasteiger charge is -2.27. The van der Waals surface area contributed by atoms with E-state index >= 15 is 0 Å². The summed E-state index contributed by atoms with van der Waals surface area (Å²) in [5.41, 5.74) is 1.61. The lowest BCUT2D eigenvalue weighted by molar-refractivity contribution is -0.130. The lowest BCUT2D eigenvalue weighted by atomic mass is 10.1. The topological polar surface area (TPSA) is 94.2 Å². The van der Waals surface area contributed by atoms with E-state index in [4.69, 9.17) is 25.8 Å². The Morgan fingerprint density at radius 1 is 1.00 bits per heavy atom. The summed E-state index contributed by atoms with van der Waals surface area (Å²) in [6.45, 7) is 2.59. The first-order valence-corrected chi connectivity index (χ1v) is 14.2. The maximum absolute atomic E-state index is 13.5. The van der Waals surface area contributed by atoms with E-state index in [1.165, 1.54) is 13.2 Å². The van der Waals surface area contributed by atoms with Gasteiger partial charge >= 0.3 is 6.03 Å². The molecule has 11 heteroatoms. The Morgan fingerprint density at radius 2 is 1.77 bits per heavy atom.